The van der Waals surface area contributed by atoms with E-state index in [0.29, 0.717) is 23.9 Å². The highest BCUT2D eigenvalue weighted by Crippen LogP contribution is 2.21. The number of nitrogens with one attached hydrogen (secondary N) is 1. The standard InChI is InChI=1S/C17H19N5O2/c1-3-22-11-19-21-15(22)10-18-16(23)9-14-12(2)24-17(20-14)13-7-5-4-6-8-13/h4-8,11H,3,9-10H2,1-2H3,(H,18,23). The normalized spacial score (nSPS) is 10.8. The number of carbonyl (C=O) groups is 1. The molecule has 0 fully saturated rings. The van der Waals surface area contributed by atoms with Crippen LogP contribution < -0.4 is 5.32 Å². The number of carbonyl (C=O) groups excluding carboxylic acids is 1. The summed E-state index contributed by atoms with van der Waals surface area (Å²) < 4.78 is 7.55. The summed E-state index contributed by atoms with van der Waals surface area (Å²) >= 11 is 0. The quantitative estimate of drug-likeness (QED) is 0.750. The number of aryl methyl sites for hydroxylation is 2. The molecule has 24 heavy (non-hydrogen) atoms. The van der Waals surface area contributed by atoms with Crippen molar-refractivity contribution < 1.29 is 9.21 Å². The molecule has 0 unspecified atom stereocenters. The van der Waals surface area contributed by atoms with Crippen molar-refractivity contribution in [1.82, 2.24) is 25.1 Å². The Bertz CT molecular complexity index is 823. The van der Waals surface area contributed by atoms with Gasteiger partial charge in [-0.3, -0.25) is 4.79 Å². The summed E-state index contributed by atoms with van der Waals surface area (Å²) in [6.45, 7) is 4.92. The minimum absolute atomic E-state index is 0.128. The fourth-order valence-electron chi connectivity index (χ4n) is 2.37. The molecule has 1 aromatic carbocycles. The monoisotopic (exact) mass is 325 g/mol. The van der Waals surface area contributed by atoms with Crippen LogP contribution in [0.4, 0.5) is 0 Å². The number of hydrogen-bond acceptors (Lipinski definition) is 5. The lowest BCUT2D eigenvalue weighted by Gasteiger charge is -2.05. The van der Waals surface area contributed by atoms with Crippen molar-refractivity contribution in [2.75, 3.05) is 0 Å². The van der Waals surface area contributed by atoms with Gasteiger partial charge in [-0.25, -0.2) is 4.98 Å². The molecule has 0 aliphatic rings. The van der Waals surface area contributed by atoms with E-state index in [4.69, 9.17) is 4.42 Å². The summed E-state index contributed by atoms with van der Waals surface area (Å²) in [7, 11) is 0. The maximum atomic E-state index is 12.2. The SMILES string of the molecule is CCn1cnnc1CNC(=O)Cc1nc(-c2ccccc2)oc1C. The van der Waals surface area contributed by atoms with Gasteiger partial charge in [-0.05, 0) is 26.0 Å². The molecule has 2 aromatic heterocycles. The highest BCUT2D eigenvalue weighted by atomic mass is 16.4. The topological polar surface area (TPSA) is 85.8 Å². The zero-order chi connectivity index (χ0) is 16.9. The third-order valence-corrected chi connectivity index (χ3v) is 3.72. The predicted octanol–water partition coefficient (Wildman–Crippen LogP) is 2.12. The minimum atomic E-state index is -0.128. The van der Waals surface area contributed by atoms with E-state index in [0.717, 1.165) is 17.9 Å². The lowest BCUT2D eigenvalue weighted by atomic mass is 10.2. The van der Waals surface area contributed by atoms with E-state index in [1.807, 2.05) is 48.7 Å². The highest BCUT2D eigenvalue weighted by Gasteiger charge is 2.15. The molecule has 1 N–H and O–H groups in total. The fraction of sp³-hybridized carbons (Fsp3) is 0.294. The fourth-order valence-corrected chi connectivity index (χ4v) is 2.37. The van der Waals surface area contributed by atoms with E-state index in [2.05, 4.69) is 20.5 Å². The maximum absolute atomic E-state index is 12.2. The molecule has 124 valence electrons. The summed E-state index contributed by atoms with van der Waals surface area (Å²) in [6, 6.07) is 9.62. The highest BCUT2D eigenvalue weighted by molar-refractivity contribution is 5.78. The van der Waals surface area contributed by atoms with Gasteiger partial charge in [0, 0.05) is 12.1 Å². The van der Waals surface area contributed by atoms with Crippen molar-refractivity contribution in [3.8, 4) is 11.5 Å². The van der Waals surface area contributed by atoms with E-state index >= 15 is 0 Å². The minimum Gasteiger partial charge on any atom is -0.441 e. The summed E-state index contributed by atoms with van der Waals surface area (Å²) in [5.41, 5.74) is 1.53. The Morgan fingerprint density at radius 3 is 2.83 bits per heavy atom. The van der Waals surface area contributed by atoms with Gasteiger partial charge in [0.05, 0.1) is 18.7 Å². The Morgan fingerprint density at radius 1 is 1.29 bits per heavy atom. The Kier molecular flexibility index (Phi) is 4.69. The van der Waals surface area contributed by atoms with Crippen LogP contribution in [-0.2, 0) is 24.3 Å². The average Bonchev–Trinajstić information content (AvgIpc) is 3.20. The van der Waals surface area contributed by atoms with Gasteiger partial charge in [0.2, 0.25) is 11.8 Å². The molecule has 0 saturated heterocycles. The molecule has 0 spiro atoms. The van der Waals surface area contributed by atoms with Crippen molar-refractivity contribution in [3.05, 3.63) is 53.9 Å². The summed E-state index contributed by atoms with van der Waals surface area (Å²) in [5.74, 6) is 1.78. The van der Waals surface area contributed by atoms with Crippen LogP contribution in [0.3, 0.4) is 0 Å². The second kappa shape index (κ2) is 7.08. The first-order valence-corrected chi connectivity index (χ1v) is 7.82. The number of nitrogens with zero attached hydrogens (tertiary/aromatic N) is 4. The largest absolute Gasteiger partial charge is 0.441 e. The van der Waals surface area contributed by atoms with Crippen molar-refractivity contribution in [1.29, 1.82) is 0 Å². The molecule has 1 amide bonds. The van der Waals surface area contributed by atoms with Crippen LogP contribution in [-0.4, -0.2) is 25.7 Å². The molecule has 0 radical (unpaired) electrons. The van der Waals surface area contributed by atoms with Gasteiger partial charge in [0.25, 0.3) is 0 Å². The molecule has 0 saturated carbocycles. The van der Waals surface area contributed by atoms with E-state index in [-0.39, 0.29) is 12.3 Å². The van der Waals surface area contributed by atoms with Gasteiger partial charge in [0.15, 0.2) is 5.82 Å². The van der Waals surface area contributed by atoms with E-state index in [9.17, 15) is 4.79 Å². The molecule has 7 heteroatoms. The summed E-state index contributed by atoms with van der Waals surface area (Å²) in [6.07, 6.45) is 1.82. The van der Waals surface area contributed by atoms with Gasteiger partial charge in [-0.1, -0.05) is 18.2 Å². The molecule has 3 rings (SSSR count). The second-order valence-corrected chi connectivity index (χ2v) is 5.37. The van der Waals surface area contributed by atoms with Crippen molar-refractivity contribution in [2.45, 2.75) is 33.4 Å². The first-order valence-electron chi connectivity index (χ1n) is 7.82. The van der Waals surface area contributed by atoms with Crippen LogP contribution in [0.5, 0.6) is 0 Å². The Hall–Kier alpha value is -2.96. The Morgan fingerprint density at radius 2 is 2.08 bits per heavy atom. The van der Waals surface area contributed by atoms with E-state index in [1.54, 1.807) is 6.33 Å². The van der Waals surface area contributed by atoms with Crippen LogP contribution in [0.15, 0.2) is 41.1 Å². The molecule has 0 aliphatic carbocycles. The van der Waals surface area contributed by atoms with Crippen molar-refractivity contribution in [3.63, 3.8) is 0 Å². The number of oxazole rings is 1. The van der Waals surface area contributed by atoms with Crippen LogP contribution in [0, 0.1) is 6.92 Å². The smallest absolute Gasteiger partial charge is 0.226 e. The van der Waals surface area contributed by atoms with Crippen LogP contribution >= 0.6 is 0 Å². The molecule has 0 atom stereocenters. The van der Waals surface area contributed by atoms with Gasteiger partial charge in [-0.15, -0.1) is 10.2 Å². The van der Waals surface area contributed by atoms with Gasteiger partial charge in [-0.2, -0.15) is 0 Å². The van der Waals surface area contributed by atoms with E-state index < -0.39 is 0 Å². The molecular weight excluding hydrogens is 306 g/mol. The Labute approximate surface area is 139 Å². The van der Waals surface area contributed by atoms with Crippen LogP contribution in [0.25, 0.3) is 11.5 Å². The molecule has 7 nitrogen and oxygen atoms in total. The summed E-state index contributed by atoms with van der Waals surface area (Å²) in [4.78, 5) is 16.6. The molecular formula is C17H19N5O2. The number of benzene rings is 1. The molecule has 3 aromatic rings. The number of aromatic nitrogens is 4. The van der Waals surface area contributed by atoms with Crippen molar-refractivity contribution >= 4 is 5.91 Å². The zero-order valence-electron chi connectivity index (χ0n) is 13.7. The third-order valence-electron chi connectivity index (χ3n) is 3.72. The Balaban J connectivity index is 1.63. The van der Waals surface area contributed by atoms with Crippen molar-refractivity contribution in [2.24, 2.45) is 0 Å². The predicted molar refractivity (Wildman–Crippen MR) is 87.9 cm³/mol. The lowest BCUT2D eigenvalue weighted by Crippen LogP contribution is -2.26. The number of rotatable bonds is 6. The van der Waals surface area contributed by atoms with E-state index in [1.165, 1.54) is 0 Å². The van der Waals surface area contributed by atoms with Gasteiger partial charge >= 0.3 is 0 Å². The van der Waals surface area contributed by atoms with Gasteiger partial charge < -0.3 is 14.3 Å². The molecule has 0 aliphatic heterocycles. The van der Waals surface area contributed by atoms with Gasteiger partial charge in [0.1, 0.15) is 12.1 Å². The lowest BCUT2D eigenvalue weighted by molar-refractivity contribution is -0.120. The second-order valence-electron chi connectivity index (χ2n) is 5.37. The number of amides is 1. The number of hydrogen-bond donors (Lipinski definition) is 1. The average molecular weight is 325 g/mol. The molecule has 2 heterocycles. The first-order chi connectivity index (χ1) is 11.7. The molecule has 0 bridgehead atoms. The van der Waals surface area contributed by atoms with Crippen LogP contribution in [0.2, 0.25) is 0 Å². The van der Waals surface area contributed by atoms with Crippen LogP contribution in [0.1, 0.15) is 24.2 Å². The summed E-state index contributed by atoms with van der Waals surface area (Å²) in [5, 5.41) is 10.7. The third kappa shape index (κ3) is 3.51. The first kappa shape index (κ1) is 15.9. The maximum Gasteiger partial charge on any atom is 0.226 e. The zero-order valence-corrected chi connectivity index (χ0v) is 13.7.